The summed E-state index contributed by atoms with van der Waals surface area (Å²) >= 11 is 0. The fourth-order valence-electron chi connectivity index (χ4n) is 3.39. The summed E-state index contributed by atoms with van der Waals surface area (Å²) in [7, 11) is 0. The van der Waals surface area contributed by atoms with Crippen LogP contribution in [-0.4, -0.2) is 35.3 Å². The molecule has 24 heavy (non-hydrogen) atoms. The maximum absolute atomic E-state index is 13.3. The van der Waals surface area contributed by atoms with Gasteiger partial charge in [-0.05, 0) is 61.8 Å². The molecule has 2 aromatic rings. The van der Waals surface area contributed by atoms with E-state index in [0.29, 0.717) is 18.9 Å². The zero-order valence-corrected chi connectivity index (χ0v) is 13.6. The lowest BCUT2D eigenvalue weighted by Crippen LogP contribution is -2.44. The average Bonchev–Trinajstić information content (AvgIpc) is 2.98. The second-order valence-electron chi connectivity index (χ2n) is 6.55. The molecule has 130 valence electrons. The number of carbonyl (C=O) groups is 1. The van der Waals surface area contributed by atoms with E-state index in [0.717, 1.165) is 42.1 Å². The van der Waals surface area contributed by atoms with Gasteiger partial charge in [0.1, 0.15) is 5.82 Å². The number of aliphatic hydroxyl groups excluding tert-OH is 1. The second kappa shape index (κ2) is 7.66. The Morgan fingerprint density at radius 2 is 2.08 bits per heavy atom. The molecule has 0 atom stereocenters. The van der Waals surface area contributed by atoms with Crippen molar-refractivity contribution in [3.63, 3.8) is 0 Å². The highest BCUT2D eigenvalue weighted by molar-refractivity contribution is 5.83. The molecule has 6 heteroatoms. The third kappa shape index (κ3) is 4.06. The van der Waals surface area contributed by atoms with Gasteiger partial charge in [-0.1, -0.05) is 0 Å². The first-order valence-corrected chi connectivity index (χ1v) is 8.56. The minimum Gasteiger partial charge on any atom is -0.396 e. The number of fused-ring (bicyclic) bond motifs is 1. The molecule has 1 aliphatic rings. The molecule has 1 aromatic carbocycles. The molecule has 1 aromatic heterocycles. The van der Waals surface area contributed by atoms with Crippen molar-refractivity contribution >= 4 is 16.9 Å². The van der Waals surface area contributed by atoms with Gasteiger partial charge in [0.15, 0.2) is 0 Å². The molecule has 0 radical (unpaired) electrons. The number of aliphatic hydroxyl groups is 1. The number of nitrogens with one attached hydrogen (secondary N) is 3. The van der Waals surface area contributed by atoms with Gasteiger partial charge in [0.05, 0.1) is 0 Å². The fourth-order valence-corrected chi connectivity index (χ4v) is 3.39. The summed E-state index contributed by atoms with van der Waals surface area (Å²) < 4.78 is 13.3. The summed E-state index contributed by atoms with van der Waals surface area (Å²) in [5, 5.41) is 15.8. The molecule has 5 nitrogen and oxygen atoms in total. The summed E-state index contributed by atoms with van der Waals surface area (Å²) in [4.78, 5) is 15.1. The Balaban J connectivity index is 1.44. The predicted octanol–water partition coefficient (Wildman–Crippen LogP) is 2.70. The van der Waals surface area contributed by atoms with Gasteiger partial charge in [-0.3, -0.25) is 0 Å². The quantitative estimate of drug-likeness (QED) is 0.679. The van der Waals surface area contributed by atoms with Gasteiger partial charge in [-0.25, -0.2) is 9.18 Å². The number of rotatable bonds is 5. The van der Waals surface area contributed by atoms with Gasteiger partial charge >= 0.3 is 6.03 Å². The largest absolute Gasteiger partial charge is 0.396 e. The van der Waals surface area contributed by atoms with E-state index >= 15 is 0 Å². The first kappa shape index (κ1) is 16.8. The van der Waals surface area contributed by atoms with Crippen LogP contribution in [0.15, 0.2) is 24.4 Å². The predicted molar refractivity (Wildman–Crippen MR) is 91.3 cm³/mol. The molecule has 0 aliphatic heterocycles. The summed E-state index contributed by atoms with van der Waals surface area (Å²) in [6.07, 6.45) is 6.26. The number of aromatic amines is 1. The average molecular weight is 333 g/mol. The fraction of sp³-hybridized carbons (Fsp3) is 0.500. The molecular weight excluding hydrogens is 309 g/mol. The van der Waals surface area contributed by atoms with Crippen LogP contribution in [-0.2, 0) is 6.42 Å². The highest BCUT2D eigenvalue weighted by atomic mass is 19.1. The van der Waals surface area contributed by atoms with Gasteiger partial charge in [-0.2, -0.15) is 0 Å². The molecule has 1 aliphatic carbocycles. The van der Waals surface area contributed by atoms with E-state index < -0.39 is 0 Å². The van der Waals surface area contributed by atoms with Gasteiger partial charge in [0.2, 0.25) is 0 Å². The summed E-state index contributed by atoms with van der Waals surface area (Å²) in [5.74, 6) is 0.126. The first-order chi connectivity index (χ1) is 11.7. The second-order valence-corrected chi connectivity index (χ2v) is 6.55. The van der Waals surface area contributed by atoms with E-state index in [1.54, 1.807) is 6.07 Å². The van der Waals surface area contributed by atoms with Crippen LogP contribution in [0.4, 0.5) is 9.18 Å². The standard InChI is InChI=1S/C18H24FN3O2/c19-14-3-6-17-16(9-14)13(10-21-17)7-8-20-18(24)22-15-4-1-12(11-23)2-5-15/h3,6,9-10,12,15,21,23H,1-2,4-5,7-8,11H2,(H2,20,22,24). The van der Waals surface area contributed by atoms with E-state index in [1.807, 2.05) is 6.20 Å². The van der Waals surface area contributed by atoms with Crippen LogP contribution in [0.25, 0.3) is 10.9 Å². The summed E-state index contributed by atoms with van der Waals surface area (Å²) in [6, 6.07) is 4.70. The van der Waals surface area contributed by atoms with Crippen LogP contribution >= 0.6 is 0 Å². The van der Waals surface area contributed by atoms with Crippen molar-refractivity contribution < 1.29 is 14.3 Å². The van der Waals surface area contributed by atoms with E-state index in [2.05, 4.69) is 15.6 Å². The SMILES string of the molecule is O=C(NCCc1c[nH]c2ccc(F)cc12)NC1CCC(CO)CC1. The van der Waals surface area contributed by atoms with Gasteiger partial charge in [-0.15, -0.1) is 0 Å². The number of urea groups is 1. The summed E-state index contributed by atoms with van der Waals surface area (Å²) in [6.45, 7) is 0.741. The lowest BCUT2D eigenvalue weighted by Gasteiger charge is -2.27. The number of hydrogen-bond donors (Lipinski definition) is 4. The molecule has 0 saturated heterocycles. The van der Waals surface area contributed by atoms with Crippen molar-refractivity contribution in [1.82, 2.24) is 15.6 Å². The first-order valence-electron chi connectivity index (χ1n) is 8.56. The van der Waals surface area contributed by atoms with Gasteiger partial charge in [0, 0.05) is 36.3 Å². The van der Waals surface area contributed by atoms with E-state index in [4.69, 9.17) is 5.11 Å². The van der Waals surface area contributed by atoms with Crippen LogP contribution in [0, 0.1) is 11.7 Å². The minimum atomic E-state index is -0.257. The normalized spacial score (nSPS) is 20.9. The van der Waals surface area contributed by atoms with E-state index in [9.17, 15) is 9.18 Å². The van der Waals surface area contributed by atoms with Crippen molar-refractivity contribution in [3.05, 3.63) is 35.8 Å². The third-order valence-corrected chi connectivity index (χ3v) is 4.85. The highest BCUT2D eigenvalue weighted by Gasteiger charge is 2.21. The highest BCUT2D eigenvalue weighted by Crippen LogP contribution is 2.23. The number of H-pyrrole nitrogens is 1. The monoisotopic (exact) mass is 333 g/mol. The lowest BCUT2D eigenvalue weighted by molar-refractivity contribution is 0.174. The van der Waals surface area contributed by atoms with Crippen molar-refractivity contribution in [2.75, 3.05) is 13.2 Å². The number of carbonyl (C=O) groups excluding carboxylic acids is 1. The van der Waals surface area contributed by atoms with Crippen LogP contribution in [0.2, 0.25) is 0 Å². The molecule has 2 amide bonds. The van der Waals surface area contributed by atoms with Crippen molar-refractivity contribution in [2.24, 2.45) is 5.92 Å². The molecule has 1 fully saturated rings. The van der Waals surface area contributed by atoms with Crippen LogP contribution in [0.5, 0.6) is 0 Å². The lowest BCUT2D eigenvalue weighted by atomic mass is 9.87. The van der Waals surface area contributed by atoms with E-state index in [1.165, 1.54) is 12.1 Å². The number of halogens is 1. The maximum atomic E-state index is 13.3. The van der Waals surface area contributed by atoms with Crippen LogP contribution in [0.3, 0.4) is 0 Å². The number of benzene rings is 1. The topological polar surface area (TPSA) is 77.2 Å². The molecule has 4 N–H and O–H groups in total. The van der Waals surface area contributed by atoms with Crippen LogP contribution in [0.1, 0.15) is 31.2 Å². The van der Waals surface area contributed by atoms with Gasteiger partial charge < -0.3 is 20.7 Å². The Bertz CT molecular complexity index is 693. The van der Waals surface area contributed by atoms with E-state index in [-0.39, 0.29) is 24.5 Å². The van der Waals surface area contributed by atoms with Crippen molar-refractivity contribution in [3.8, 4) is 0 Å². The third-order valence-electron chi connectivity index (χ3n) is 4.85. The molecule has 0 unspecified atom stereocenters. The summed E-state index contributed by atoms with van der Waals surface area (Å²) in [5.41, 5.74) is 1.89. The Labute approximate surface area is 140 Å². The molecule has 1 heterocycles. The zero-order valence-electron chi connectivity index (χ0n) is 13.6. The number of hydrogen-bond acceptors (Lipinski definition) is 2. The molecule has 3 rings (SSSR count). The zero-order chi connectivity index (χ0) is 16.9. The molecule has 1 saturated carbocycles. The Hall–Kier alpha value is -2.08. The minimum absolute atomic E-state index is 0.159. The maximum Gasteiger partial charge on any atom is 0.315 e. The smallest absolute Gasteiger partial charge is 0.315 e. The Morgan fingerprint density at radius 1 is 1.29 bits per heavy atom. The van der Waals surface area contributed by atoms with Gasteiger partial charge in [0.25, 0.3) is 0 Å². The molecular formula is C18H24FN3O2. The number of amides is 2. The molecule has 0 spiro atoms. The van der Waals surface area contributed by atoms with Crippen molar-refractivity contribution in [1.29, 1.82) is 0 Å². The molecule has 0 bridgehead atoms. The van der Waals surface area contributed by atoms with Crippen LogP contribution < -0.4 is 10.6 Å². The number of aromatic nitrogens is 1. The Kier molecular flexibility index (Phi) is 5.35. The van der Waals surface area contributed by atoms with Crippen molar-refractivity contribution in [2.45, 2.75) is 38.1 Å². The Morgan fingerprint density at radius 3 is 2.83 bits per heavy atom.